The first-order valence-corrected chi connectivity index (χ1v) is 10.9. The van der Waals surface area contributed by atoms with Crippen LogP contribution in [0.5, 0.6) is 0 Å². The number of halogens is 1. The Morgan fingerprint density at radius 2 is 1.94 bits per heavy atom. The highest BCUT2D eigenvalue weighted by atomic mass is 35.5. The van der Waals surface area contributed by atoms with Crippen molar-refractivity contribution in [3.05, 3.63) is 52.2 Å². The van der Waals surface area contributed by atoms with E-state index in [0.717, 1.165) is 32.8 Å². The van der Waals surface area contributed by atoms with Crippen molar-refractivity contribution in [3.63, 3.8) is 0 Å². The smallest absolute Gasteiger partial charge is 0.258 e. The van der Waals surface area contributed by atoms with E-state index >= 15 is 0 Å². The normalized spacial score (nSPS) is 14.5. The molecule has 1 amide bonds. The number of nitrogens with one attached hydrogen (secondary N) is 3. The summed E-state index contributed by atoms with van der Waals surface area (Å²) in [5.41, 5.74) is 2.84. The van der Waals surface area contributed by atoms with Crippen molar-refractivity contribution in [3.8, 4) is 0 Å². The molecule has 0 atom stereocenters. The highest BCUT2D eigenvalue weighted by Gasteiger charge is 2.20. The highest BCUT2D eigenvalue weighted by Crippen LogP contribution is 2.28. The molecule has 1 aliphatic heterocycles. The number of amides is 1. The summed E-state index contributed by atoms with van der Waals surface area (Å²) in [6.07, 6.45) is 1.46. The summed E-state index contributed by atoms with van der Waals surface area (Å²) in [4.78, 5) is 19.5. The van der Waals surface area contributed by atoms with E-state index in [-0.39, 0.29) is 22.2 Å². The third-order valence-electron chi connectivity index (χ3n) is 5.29. The molecule has 2 heterocycles. The molecule has 0 saturated carbocycles. The first kappa shape index (κ1) is 23.2. The Kier molecular flexibility index (Phi) is 8.01. The number of morpholine rings is 1. The second kappa shape index (κ2) is 10.7. The van der Waals surface area contributed by atoms with Crippen LogP contribution in [0.25, 0.3) is 0 Å². The maximum Gasteiger partial charge on any atom is 0.258 e. The van der Waals surface area contributed by atoms with Crippen LogP contribution < -0.4 is 10.6 Å². The van der Waals surface area contributed by atoms with Crippen molar-refractivity contribution in [1.29, 1.82) is 5.41 Å². The fraction of sp³-hybridized carbons (Fsp3) is 0.435. The minimum absolute atomic E-state index is 0.229. The van der Waals surface area contributed by atoms with Crippen LogP contribution in [-0.4, -0.2) is 60.9 Å². The molecule has 0 aliphatic carbocycles. The molecule has 1 aromatic carbocycles. The van der Waals surface area contributed by atoms with E-state index < -0.39 is 0 Å². The lowest BCUT2D eigenvalue weighted by atomic mass is 10.0. The van der Waals surface area contributed by atoms with Crippen molar-refractivity contribution in [2.75, 3.05) is 50.0 Å². The maximum absolute atomic E-state index is 12.8. The predicted molar refractivity (Wildman–Crippen MR) is 126 cm³/mol. The average Bonchev–Trinajstić information content (AvgIpc) is 2.74. The van der Waals surface area contributed by atoms with Gasteiger partial charge in [0.2, 0.25) is 0 Å². The van der Waals surface area contributed by atoms with Gasteiger partial charge in [0.25, 0.3) is 5.91 Å². The molecule has 31 heavy (non-hydrogen) atoms. The second-order valence-electron chi connectivity index (χ2n) is 7.95. The van der Waals surface area contributed by atoms with Gasteiger partial charge in [-0.3, -0.25) is 9.69 Å². The Bertz CT molecular complexity index is 924. The van der Waals surface area contributed by atoms with Crippen LogP contribution in [0.2, 0.25) is 5.02 Å². The summed E-state index contributed by atoms with van der Waals surface area (Å²) in [6.45, 7) is 10.7. The molecule has 8 heteroatoms. The number of carbonyl (C=O) groups is 1. The fourth-order valence-electron chi connectivity index (χ4n) is 3.43. The molecule has 0 bridgehead atoms. The monoisotopic (exact) mass is 443 g/mol. The molecule has 1 fully saturated rings. The molecular formula is C23H30ClN5O2. The van der Waals surface area contributed by atoms with E-state index in [9.17, 15) is 4.79 Å². The van der Waals surface area contributed by atoms with Crippen LogP contribution in [0.3, 0.4) is 0 Å². The maximum atomic E-state index is 12.8. The zero-order valence-corrected chi connectivity index (χ0v) is 19.1. The fourth-order valence-corrected chi connectivity index (χ4v) is 3.80. The van der Waals surface area contributed by atoms with E-state index in [1.165, 1.54) is 11.8 Å². The topological polar surface area (TPSA) is 90.3 Å². The zero-order chi connectivity index (χ0) is 22.4. The highest BCUT2D eigenvalue weighted by molar-refractivity contribution is 6.38. The lowest BCUT2D eigenvalue weighted by Gasteiger charge is -2.26. The first-order chi connectivity index (χ1) is 14.9. The van der Waals surface area contributed by atoms with Gasteiger partial charge in [0, 0.05) is 43.8 Å². The summed E-state index contributed by atoms with van der Waals surface area (Å²) >= 11 is 6.56. The number of ether oxygens (including phenoxy) is 1. The van der Waals surface area contributed by atoms with Gasteiger partial charge in [-0.15, -0.1) is 0 Å². The molecule has 0 unspecified atom stereocenters. The predicted octanol–water partition coefficient (Wildman–Crippen LogP) is 4.24. The van der Waals surface area contributed by atoms with Crippen LogP contribution in [-0.2, 0) is 4.74 Å². The lowest BCUT2D eigenvalue weighted by molar-refractivity contribution is 0.0398. The van der Waals surface area contributed by atoms with Crippen molar-refractivity contribution >= 4 is 34.7 Å². The van der Waals surface area contributed by atoms with Gasteiger partial charge in [-0.1, -0.05) is 37.6 Å². The van der Waals surface area contributed by atoms with E-state index in [4.69, 9.17) is 21.7 Å². The molecule has 166 valence electrons. The summed E-state index contributed by atoms with van der Waals surface area (Å²) < 4.78 is 5.37. The zero-order valence-electron chi connectivity index (χ0n) is 18.3. The van der Waals surface area contributed by atoms with Gasteiger partial charge in [-0.25, -0.2) is 4.98 Å². The molecule has 0 radical (unpaired) electrons. The Labute approximate surface area is 188 Å². The Morgan fingerprint density at radius 1 is 1.26 bits per heavy atom. The van der Waals surface area contributed by atoms with Crippen LogP contribution in [0.15, 0.2) is 30.5 Å². The number of hydrogen-bond donors (Lipinski definition) is 3. The van der Waals surface area contributed by atoms with Crippen molar-refractivity contribution in [2.45, 2.75) is 26.7 Å². The van der Waals surface area contributed by atoms with E-state index in [0.29, 0.717) is 29.5 Å². The number of carbonyl (C=O) groups excluding carboxylic acids is 1. The van der Waals surface area contributed by atoms with E-state index in [2.05, 4.69) is 34.4 Å². The number of pyridine rings is 1. The Morgan fingerprint density at radius 3 is 2.55 bits per heavy atom. The van der Waals surface area contributed by atoms with Gasteiger partial charge in [0.15, 0.2) is 0 Å². The van der Waals surface area contributed by atoms with Crippen LogP contribution in [0.1, 0.15) is 48.2 Å². The first-order valence-electron chi connectivity index (χ1n) is 10.6. The molecule has 1 saturated heterocycles. The molecule has 1 aliphatic rings. The SMILES string of the molecule is CC(=N)c1c(NCCN2CCOCC2)ncc(C(=O)Nc2ccc(C(C)C)cc2)c1Cl. The average molecular weight is 444 g/mol. The van der Waals surface area contributed by atoms with Gasteiger partial charge in [-0.05, 0) is 30.5 Å². The number of rotatable bonds is 8. The van der Waals surface area contributed by atoms with Crippen LogP contribution in [0, 0.1) is 5.41 Å². The molecule has 2 aromatic rings. The largest absolute Gasteiger partial charge is 0.379 e. The second-order valence-corrected chi connectivity index (χ2v) is 8.32. The lowest BCUT2D eigenvalue weighted by Crippen LogP contribution is -2.39. The summed E-state index contributed by atoms with van der Waals surface area (Å²) in [5, 5.41) is 14.5. The van der Waals surface area contributed by atoms with Gasteiger partial charge in [0.1, 0.15) is 5.82 Å². The molecular weight excluding hydrogens is 414 g/mol. The number of benzene rings is 1. The third kappa shape index (κ3) is 6.03. The van der Waals surface area contributed by atoms with Gasteiger partial charge >= 0.3 is 0 Å². The molecule has 1 aromatic heterocycles. The molecule has 0 spiro atoms. The summed E-state index contributed by atoms with van der Waals surface area (Å²) in [5.74, 6) is 0.588. The van der Waals surface area contributed by atoms with Gasteiger partial charge in [-0.2, -0.15) is 0 Å². The Balaban J connectivity index is 1.71. The van der Waals surface area contributed by atoms with Crippen molar-refractivity contribution < 1.29 is 9.53 Å². The van der Waals surface area contributed by atoms with Gasteiger partial charge in [0.05, 0.1) is 29.4 Å². The molecule has 7 nitrogen and oxygen atoms in total. The number of nitrogens with zero attached hydrogens (tertiary/aromatic N) is 2. The standard InChI is InChI=1S/C23H30ClN5O2/c1-15(2)17-4-6-18(7-5-17)28-23(30)19-14-27-22(20(16(3)25)21(19)24)26-8-9-29-10-12-31-13-11-29/h4-7,14-15,25H,8-13H2,1-3H3,(H,26,27)(H,28,30). The van der Waals surface area contributed by atoms with Crippen LogP contribution >= 0.6 is 11.6 Å². The minimum atomic E-state index is -0.350. The molecule has 3 rings (SSSR count). The van der Waals surface area contributed by atoms with Gasteiger partial charge < -0.3 is 20.8 Å². The quantitative estimate of drug-likeness (QED) is 0.531. The minimum Gasteiger partial charge on any atom is -0.379 e. The third-order valence-corrected chi connectivity index (χ3v) is 5.69. The summed E-state index contributed by atoms with van der Waals surface area (Å²) in [6, 6.07) is 7.74. The number of aromatic nitrogens is 1. The molecule has 3 N–H and O–H groups in total. The van der Waals surface area contributed by atoms with Crippen molar-refractivity contribution in [1.82, 2.24) is 9.88 Å². The number of hydrogen-bond acceptors (Lipinski definition) is 6. The van der Waals surface area contributed by atoms with Crippen LogP contribution in [0.4, 0.5) is 11.5 Å². The summed E-state index contributed by atoms with van der Waals surface area (Å²) in [7, 11) is 0. The van der Waals surface area contributed by atoms with E-state index in [1.807, 2.05) is 24.3 Å². The van der Waals surface area contributed by atoms with Crippen molar-refractivity contribution in [2.24, 2.45) is 0 Å². The van der Waals surface area contributed by atoms with E-state index in [1.54, 1.807) is 6.92 Å². The number of anilines is 2. The Hall–Kier alpha value is -2.48.